The molecule has 3 aliphatic rings. The second kappa shape index (κ2) is 8.96. The molecule has 1 N–H and O–H groups in total. The van der Waals surface area contributed by atoms with E-state index < -0.39 is 10.0 Å². The van der Waals surface area contributed by atoms with Crippen molar-refractivity contribution in [3.05, 3.63) is 53.1 Å². The number of hydrogen-bond donors (Lipinski definition) is 1. The molecule has 0 aromatic heterocycles. The van der Waals surface area contributed by atoms with Gasteiger partial charge < -0.3 is 14.8 Å². The predicted molar refractivity (Wildman–Crippen MR) is 123 cm³/mol. The monoisotopic (exact) mass is 471 g/mol. The number of sulfonamides is 1. The van der Waals surface area contributed by atoms with E-state index in [1.165, 1.54) is 9.87 Å². The molecule has 0 unspecified atom stereocenters. The fourth-order valence-electron chi connectivity index (χ4n) is 4.74. The molecule has 0 bridgehead atoms. The highest BCUT2D eigenvalue weighted by atomic mass is 32.2. The molecule has 1 amide bonds. The zero-order chi connectivity index (χ0) is 23.0. The number of rotatable bonds is 6. The zero-order valence-electron chi connectivity index (χ0n) is 18.7. The molecule has 1 fully saturated rings. The standard InChI is InChI=1S/C24H29N3O5S/c1-17(19-6-8-22-23(14-19)32-16-31-22)25-24(28)15-26-9-11-27(12-10-26)33(29,30)21-7-5-18-3-2-4-20(18)13-21/h5-8,13-14,17H,2-4,9-12,15-16H2,1H3,(H,25,28)/t17-/m1/s1. The van der Waals surface area contributed by atoms with Crippen LogP contribution >= 0.6 is 0 Å². The summed E-state index contributed by atoms with van der Waals surface area (Å²) in [7, 11) is -3.51. The predicted octanol–water partition coefficient (Wildman–Crippen LogP) is 2.09. The van der Waals surface area contributed by atoms with Crippen LogP contribution in [0.3, 0.4) is 0 Å². The maximum absolute atomic E-state index is 13.1. The Bertz CT molecular complexity index is 1160. The minimum absolute atomic E-state index is 0.0879. The first-order chi connectivity index (χ1) is 15.9. The van der Waals surface area contributed by atoms with Gasteiger partial charge in [0.15, 0.2) is 11.5 Å². The zero-order valence-corrected chi connectivity index (χ0v) is 19.6. The van der Waals surface area contributed by atoms with Crippen LogP contribution in [-0.4, -0.2) is 63.0 Å². The van der Waals surface area contributed by atoms with Gasteiger partial charge in [0.1, 0.15) is 0 Å². The molecule has 0 spiro atoms. The Hall–Kier alpha value is -2.62. The van der Waals surface area contributed by atoms with Crippen molar-refractivity contribution < 1.29 is 22.7 Å². The van der Waals surface area contributed by atoms with E-state index in [1.54, 1.807) is 6.07 Å². The van der Waals surface area contributed by atoms with Crippen LogP contribution in [0, 0.1) is 0 Å². The Labute approximate surface area is 194 Å². The highest BCUT2D eigenvalue weighted by Gasteiger charge is 2.30. The summed E-state index contributed by atoms with van der Waals surface area (Å²) < 4.78 is 38.5. The minimum Gasteiger partial charge on any atom is -0.454 e. The van der Waals surface area contributed by atoms with Gasteiger partial charge in [-0.3, -0.25) is 9.69 Å². The Kier molecular flexibility index (Phi) is 6.03. The van der Waals surface area contributed by atoms with Crippen molar-refractivity contribution in [3.8, 4) is 11.5 Å². The van der Waals surface area contributed by atoms with E-state index in [0.29, 0.717) is 42.6 Å². The Balaban J connectivity index is 1.14. The van der Waals surface area contributed by atoms with Gasteiger partial charge in [-0.15, -0.1) is 0 Å². The van der Waals surface area contributed by atoms with Gasteiger partial charge in [-0.2, -0.15) is 4.31 Å². The van der Waals surface area contributed by atoms with Gasteiger partial charge in [-0.25, -0.2) is 8.42 Å². The second-order valence-corrected chi connectivity index (χ2v) is 10.8. The lowest BCUT2D eigenvalue weighted by Gasteiger charge is -2.33. The summed E-state index contributed by atoms with van der Waals surface area (Å²) in [4.78, 5) is 15.0. The van der Waals surface area contributed by atoms with Crippen LogP contribution in [0.25, 0.3) is 0 Å². The van der Waals surface area contributed by atoms with Gasteiger partial charge in [-0.05, 0) is 67.1 Å². The van der Waals surface area contributed by atoms with Crippen LogP contribution < -0.4 is 14.8 Å². The second-order valence-electron chi connectivity index (χ2n) is 8.87. The lowest BCUT2D eigenvalue weighted by Crippen LogP contribution is -2.51. The summed E-state index contributed by atoms with van der Waals surface area (Å²) in [5.74, 6) is 1.31. The molecule has 2 aliphatic heterocycles. The number of benzene rings is 2. The minimum atomic E-state index is -3.51. The summed E-state index contributed by atoms with van der Waals surface area (Å²) in [5, 5.41) is 3.02. The van der Waals surface area contributed by atoms with Gasteiger partial charge in [0, 0.05) is 26.2 Å². The molecule has 5 rings (SSSR count). The van der Waals surface area contributed by atoms with Crippen LogP contribution in [0.15, 0.2) is 41.3 Å². The molecule has 2 heterocycles. The highest BCUT2D eigenvalue weighted by molar-refractivity contribution is 7.89. The first-order valence-corrected chi connectivity index (χ1v) is 12.9. The molecular weight excluding hydrogens is 442 g/mol. The van der Waals surface area contributed by atoms with Crippen molar-refractivity contribution in [2.45, 2.75) is 37.1 Å². The van der Waals surface area contributed by atoms with E-state index in [0.717, 1.165) is 30.4 Å². The normalized spacial score (nSPS) is 19.3. The summed E-state index contributed by atoms with van der Waals surface area (Å²) in [6.45, 7) is 4.19. The quantitative estimate of drug-likeness (QED) is 0.694. The first kappa shape index (κ1) is 22.2. The van der Waals surface area contributed by atoms with E-state index in [9.17, 15) is 13.2 Å². The van der Waals surface area contributed by atoms with Crippen molar-refractivity contribution in [1.82, 2.24) is 14.5 Å². The summed E-state index contributed by atoms with van der Waals surface area (Å²) in [6, 6.07) is 11.0. The van der Waals surface area contributed by atoms with Crippen molar-refractivity contribution in [2.75, 3.05) is 39.5 Å². The number of amides is 1. The van der Waals surface area contributed by atoms with E-state index in [1.807, 2.05) is 42.2 Å². The molecule has 0 saturated carbocycles. The third kappa shape index (κ3) is 4.58. The molecule has 2 aromatic rings. The molecule has 2 aromatic carbocycles. The summed E-state index contributed by atoms with van der Waals surface area (Å²) in [5.41, 5.74) is 3.36. The van der Waals surface area contributed by atoms with Crippen LogP contribution in [0.5, 0.6) is 11.5 Å². The maximum atomic E-state index is 13.1. The first-order valence-electron chi connectivity index (χ1n) is 11.4. The van der Waals surface area contributed by atoms with E-state index in [4.69, 9.17) is 9.47 Å². The van der Waals surface area contributed by atoms with Crippen LogP contribution in [0.1, 0.15) is 36.1 Å². The number of piperazine rings is 1. The topological polar surface area (TPSA) is 88.2 Å². The number of nitrogens with one attached hydrogen (secondary N) is 1. The van der Waals surface area contributed by atoms with Crippen LogP contribution in [0.4, 0.5) is 0 Å². The largest absolute Gasteiger partial charge is 0.454 e. The van der Waals surface area contributed by atoms with Crippen molar-refractivity contribution in [2.24, 2.45) is 0 Å². The number of carbonyl (C=O) groups excluding carboxylic acids is 1. The Morgan fingerprint density at radius 2 is 1.76 bits per heavy atom. The van der Waals surface area contributed by atoms with Crippen LogP contribution in [0.2, 0.25) is 0 Å². The lowest BCUT2D eigenvalue weighted by molar-refractivity contribution is -0.123. The van der Waals surface area contributed by atoms with Crippen molar-refractivity contribution in [3.63, 3.8) is 0 Å². The van der Waals surface area contributed by atoms with Gasteiger partial charge in [0.25, 0.3) is 0 Å². The number of hydrogen-bond acceptors (Lipinski definition) is 6. The highest BCUT2D eigenvalue weighted by Crippen LogP contribution is 2.34. The molecular formula is C24H29N3O5S. The molecule has 176 valence electrons. The van der Waals surface area contributed by atoms with Gasteiger partial charge >= 0.3 is 0 Å². The van der Waals surface area contributed by atoms with E-state index in [-0.39, 0.29) is 25.3 Å². The molecule has 33 heavy (non-hydrogen) atoms. The van der Waals surface area contributed by atoms with E-state index in [2.05, 4.69) is 5.32 Å². The molecule has 0 radical (unpaired) electrons. The fraction of sp³-hybridized carbons (Fsp3) is 0.458. The van der Waals surface area contributed by atoms with Crippen molar-refractivity contribution in [1.29, 1.82) is 0 Å². The molecule has 1 aliphatic carbocycles. The number of carbonyl (C=O) groups is 1. The number of fused-ring (bicyclic) bond motifs is 2. The van der Waals surface area contributed by atoms with Crippen LogP contribution in [-0.2, 0) is 27.7 Å². The maximum Gasteiger partial charge on any atom is 0.243 e. The summed E-state index contributed by atoms with van der Waals surface area (Å²) >= 11 is 0. The lowest BCUT2D eigenvalue weighted by atomic mass is 10.1. The van der Waals surface area contributed by atoms with Gasteiger partial charge in [0.05, 0.1) is 17.5 Å². The Morgan fingerprint density at radius 3 is 2.58 bits per heavy atom. The molecule has 8 nitrogen and oxygen atoms in total. The molecule has 1 atom stereocenters. The third-order valence-corrected chi connectivity index (χ3v) is 8.57. The smallest absolute Gasteiger partial charge is 0.243 e. The van der Waals surface area contributed by atoms with E-state index >= 15 is 0 Å². The number of nitrogens with zero attached hydrogens (tertiary/aromatic N) is 2. The summed E-state index contributed by atoms with van der Waals surface area (Å²) in [6.07, 6.45) is 3.07. The van der Waals surface area contributed by atoms with Gasteiger partial charge in [-0.1, -0.05) is 12.1 Å². The average Bonchev–Trinajstić information content (AvgIpc) is 3.47. The van der Waals surface area contributed by atoms with Crippen molar-refractivity contribution >= 4 is 15.9 Å². The average molecular weight is 472 g/mol. The number of ether oxygens (including phenoxy) is 2. The number of aryl methyl sites for hydroxylation is 2. The Morgan fingerprint density at radius 1 is 1.00 bits per heavy atom. The molecule has 9 heteroatoms. The molecule has 1 saturated heterocycles. The fourth-order valence-corrected chi connectivity index (χ4v) is 6.22. The SMILES string of the molecule is C[C@@H](NC(=O)CN1CCN(S(=O)(=O)c2ccc3c(c2)CCC3)CC1)c1ccc2c(c1)OCO2. The third-order valence-electron chi connectivity index (χ3n) is 6.68. The van der Waals surface area contributed by atoms with Gasteiger partial charge in [0.2, 0.25) is 22.7 Å².